The van der Waals surface area contributed by atoms with Gasteiger partial charge in [0.1, 0.15) is 0 Å². The Morgan fingerprint density at radius 1 is 1.36 bits per heavy atom. The van der Waals surface area contributed by atoms with Crippen LogP contribution >= 0.6 is 23.4 Å². The molecule has 0 atom stereocenters. The minimum atomic E-state index is -4.34. The van der Waals surface area contributed by atoms with E-state index >= 15 is 0 Å². The molecule has 2 N–H and O–H groups in total. The van der Waals surface area contributed by atoms with Crippen molar-refractivity contribution in [3.05, 3.63) is 22.7 Å². The second-order valence-electron chi connectivity index (χ2n) is 2.71. The zero-order valence-corrected chi connectivity index (χ0v) is 8.72. The van der Waals surface area contributed by atoms with Crippen molar-refractivity contribution in [2.45, 2.75) is 17.3 Å². The topological polar surface area (TPSA) is 26.0 Å². The van der Waals surface area contributed by atoms with Crippen LogP contribution in [0.4, 0.5) is 18.9 Å². The second kappa shape index (κ2) is 3.90. The maximum absolute atomic E-state index is 12.0. The van der Waals surface area contributed by atoms with Gasteiger partial charge in [0.25, 0.3) is 0 Å². The Hall–Kier alpha value is -0.550. The number of hydrogen-bond acceptors (Lipinski definition) is 2. The number of benzene rings is 1. The summed E-state index contributed by atoms with van der Waals surface area (Å²) in [5.74, 6) is 0. The first-order valence-electron chi connectivity index (χ1n) is 3.61. The van der Waals surface area contributed by atoms with Crippen molar-refractivity contribution in [1.29, 1.82) is 0 Å². The molecular weight excluding hydrogens is 235 g/mol. The Morgan fingerprint density at radius 3 is 2.43 bits per heavy atom. The predicted molar refractivity (Wildman–Crippen MR) is 52.5 cm³/mol. The maximum Gasteiger partial charge on any atom is 0.446 e. The summed E-state index contributed by atoms with van der Waals surface area (Å²) in [5, 5.41) is 0.150. The normalized spacial score (nSPS) is 11.8. The highest BCUT2D eigenvalue weighted by Gasteiger charge is 2.30. The van der Waals surface area contributed by atoms with Crippen molar-refractivity contribution in [3.8, 4) is 0 Å². The summed E-state index contributed by atoms with van der Waals surface area (Å²) in [6.45, 7) is 1.66. The Bertz CT molecular complexity index is 351. The molecule has 0 fully saturated rings. The third-order valence-electron chi connectivity index (χ3n) is 1.46. The van der Waals surface area contributed by atoms with Gasteiger partial charge < -0.3 is 5.73 Å². The Balaban J connectivity index is 3.09. The number of halogens is 4. The van der Waals surface area contributed by atoms with Crippen LogP contribution in [0, 0.1) is 6.92 Å². The summed E-state index contributed by atoms with van der Waals surface area (Å²) >= 11 is 5.39. The Kier molecular flexibility index (Phi) is 3.21. The molecule has 0 bridgehead atoms. The molecule has 0 spiro atoms. The number of rotatable bonds is 1. The van der Waals surface area contributed by atoms with Gasteiger partial charge in [-0.3, -0.25) is 0 Å². The molecule has 0 heterocycles. The summed E-state index contributed by atoms with van der Waals surface area (Å²) in [6, 6.07) is 2.89. The first-order valence-corrected chi connectivity index (χ1v) is 4.80. The Labute approximate surface area is 88.4 Å². The lowest BCUT2D eigenvalue weighted by atomic mass is 10.2. The van der Waals surface area contributed by atoms with Crippen LogP contribution in [0.2, 0.25) is 5.02 Å². The van der Waals surface area contributed by atoms with E-state index in [4.69, 9.17) is 17.3 Å². The maximum atomic E-state index is 12.0. The van der Waals surface area contributed by atoms with E-state index in [9.17, 15) is 13.2 Å². The van der Waals surface area contributed by atoms with E-state index in [-0.39, 0.29) is 27.4 Å². The zero-order chi connectivity index (χ0) is 10.9. The van der Waals surface area contributed by atoms with Crippen LogP contribution < -0.4 is 5.73 Å². The molecule has 0 aliphatic carbocycles. The molecule has 1 aromatic rings. The van der Waals surface area contributed by atoms with Crippen LogP contribution in [0.15, 0.2) is 17.0 Å². The number of nitrogen functional groups attached to an aromatic ring is 1. The molecule has 0 saturated heterocycles. The average Bonchev–Trinajstić information content (AvgIpc) is 1.96. The SMILES string of the molecule is Cc1cc(Cl)c(N)c(SC(F)(F)F)c1. The highest BCUT2D eigenvalue weighted by molar-refractivity contribution is 8.00. The summed E-state index contributed by atoms with van der Waals surface area (Å²) in [5.41, 5.74) is 1.68. The molecule has 0 unspecified atom stereocenters. The van der Waals surface area contributed by atoms with Crippen molar-refractivity contribution < 1.29 is 13.2 Å². The number of hydrogen-bond donors (Lipinski definition) is 1. The summed E-state index contributed by atoms with van der Waals surface area (Å²) < 4.78 is 36.1. The fourth-order valence-electron chi connectivity index (χ4n) is 0.931. The van der Waals surface area contributed by atoms with Crippen LogP contribution in [0.5, 0.6) is 0 Å². The standard InChI is InChI=1S/C8H7ClF3NS/c1-4-2-5(9)7(13)6(3-4)14-8(10,11)12/h2-3H,13H2,1H3. The van der Waals surface area contributed by atoms with Crippen molar-refractivity contribution in [2.75, 3.05) is 5.73 Å². The van der Waals surface area contributed by atoms with Gasteiger partial charge in [0.2, 0.25) is 0 Å². The fraction of sp³-hybridized carbons (Fsp3) is 0.250. The quantitative estimate of drug-likeness (QED) is 0.597. The zero-order valence-electron chi connectivity index (χ0n) is 7.15. The number of anilines is 1. The number of thioether (sulfide) groups is 1. The summed E-state index contributed by atoms with van der Waals surface area (Å²) in [4.78, 5) is -0.0532. The van der Waals surface area contributed by atoms with Crippen molar-refractivity contribution >= 4 is 29.1 Å². The van der Waals surface area contributed by atoms with E-state index in [0.29, 0.717) is 5.56 Å². The molecule has 0 radical (unpaired) electrons. The largest absolute Gasteiger partial charge is 0.446 e. The monoisotopic (exact) mass is 241 g/mol. The molecule has 78 valence electrons. The fourth-order valence-corrected chi connectivity index (χ4v) is 1.97. The third-order valence-corrected chi connectivity index (χ3v) is 2.56. The molecule has 1 nitrogen and oxygen atoms in total. The number of aryl methyl sites for hydroxylation is 1. The smallest absolute Gasteiger partial charge is 0.397 e. The number of nitrogens with two attached hydrogens (primary N) is 1. The molecule has 0 aliphatic heterocycles. The third kappa shape index (κ3) is 2.99. The summed E-state index contributed by atoms with van der Waals surface area (Å²) in [7, 11) is 0. The lowest BCUT2D eigenvalue weighted by molar-refractivity contribution is -0.0327. The molecule has 1 rings (SSSR count). The molecule has 14 heavy (non-hydrogen) atoms. The molecule has 0 aromatic heterocycles. The van der Waals surface area contributed by atoms with Gasteiger partial charge in [-0.05, 0) is 36.4 Å². The van der Waals surface area contributed by atoms with Gasteiger partial charge in [-0.15, -0.1) is 0 Å². The number of alkyl halides is 3. The lowest BCUT2D eigenvalue weighted by Crippen LogP contribution is -2.01. The van der Waals surface area contributed by atoms with Gasteiger partial charge in [0, 0.05) is 4.90 Å². The van der Waals surface area contributed by atoms with E-state index < -0.39 is 5.51 Å². The summed E-state index contributed by atoms with van der Waals surface area (Å²) in [6.07, 6.45) is 0. The van der Waals surface area contributed by atoms with Crippen molar-refractivity contribution in [1.82, 2.24) is 0 Å². The van der Waals surface area contributed by atoms with E-state index in [1.54, 1.807) is 6.92 Å². The highest BCUT2D eigenvalue weighted by atomic mass is 35.5. The van der Waals surface area contributed by atoms with Crippen LogP contribution in [0.25, 0.3) is 0 Å². The molecule has 0 saturated carbocycles. The van der Waals surface area contributed by atoms with Crippen LogP contribution in [-0.2, 0) is 0 Å². The van der Waals surface area contributed by atoms with Crippen LogP contribution in [0.1, 0.15) is 5.56 Å². The van der Waals surface area contributed by atoms with E-state index in [1.165, 1.54) is 12.1 Å². The molecule has 0 amide bonds. The van der Waals surface area contributed by atoms with Gasteiger partial charge in [0.05, 0.1) is 10.7 Å². The van der Waals surface area contributed by atoms with E-state index in [1.807, 2.05) is 0 Å². The van der Waals surface area contributed by atoms with Gasteiger partial charge in [-0.25, -0.2) is 0 Å². The molecule has 6 heteroatoms. The van der Waals surface area contributed by atoms with Crippen molar-refractivity contribution in [2.24, 2.45) is 0 Å². The highest BCUT2D eigenvalue weighted by Crippen LogP contribution is 2.42. The first-order chi connectivity index (χ1) is 6.29. The predicted octanol–water partition coefficient (Wildman–Crippen LogP) is 3.84. The molecule has 0 aliphatic rings. The first kappa shape index (κ1) is 11.5. The van der Waals surface area contributed by atoms with Gasteiger partial charge in [-0.1, -0.05) is 11.6 Å². The van der Waals surface area contributed by atoms with Crippen LogP contribution in [-0.4, -0.2) is 5.51 Å². The van der Waals surface area contributed by atoms with Gasteiger partial charge in [-0.2, -0.15) is 13.2 Å². The van der Waals surface area contributed by atoms with E-state index in [0.717, 1.165) is 0 Å². The minimum Gasteiger partial charge on any atom is -0.397 e. The molecular formula is C8H7ClF3NS. The average molecular weight is 242 g/mol. The Morgan fingerprint density at radius 2 is 1.93 bits per heavy atom. The van der Waals surface area contributed by atoms with Gasteiger partial charge in [0.15, 0.2) is 0 Å². The van der Waals surface area contributed by atoms with Crippen LogP contribution in [0.3, 0.4) is 0 Å². The van der Waals surface area contributed by atoms with Crippen molar-refractivity contribution in [3.63, 3.8) is 0 Å². The van der Waals surface area contributed by atoms with E-state index in [2.05, 4.69) is 0 Å². The molecule has 1 aromatic carbocycles. The lowest BCUT2D eigenvalue weighted by Gasteiger charge is -2.10. The van der Waals surface area contributed by atoms with Gasteiger partial charge >= 0.3 is 5.51 Å². The second-order valence-corrected chi connectivity index (χ2v) is 4.22. The minimum absolute atomic E-state index is 0.0282.